The van der Waals surface area contributed by atoms with Gasteiger partial charge in [0, 0.05) is 30.4 Å². The van der Waals surface area contributed by atoms with E-state index in [0.29, 0.717) is 53.8 Å². The van der Waals surface area contributed by atoms with Gasteiger partial charge >= 0.3 is 17.9 Å². The largest absolute Gasteiger partial charge is 0.490 e. The molecule has 0 spiro atoms. The highest BCUT2D eigenvalue weighted by atomic mass is 32.1. The predicted molar refractivity (Wildman–Crippen MR) is 248 cm³/mol. The summed E-state index contributed by atoms with van der Waals surface area (Å²) in [6.45, 7) is 13.7. The smallest absolute Gasteiger partial charge is 0.336 e. The van der Waals surface area contributed by atoms with Crippen molar-refractivity contribution in [2.45, 2.75) is 51.6 Å². The molecule has 0 saturated carbocycles. The number of unbranched alkanes of at least 4 members (excludes halogenated alkanes) is 1. The van der Waals surface area contributed by atoms with Crippen molar-refractivity contribution in [1.82, 2.24) is 4.98 Å². The molecule has 5 aromatic rings. The van der Waals surface area contributed by atoms with E-state index in [4.69, 9.17) is 33.2 Å². The van der Waals surface area contributed by atoms with Crippen LogP contribution in [-0.2, 0) is 28.6 Å². The van der Waals surface area contributed by atoms with E-state index >= 15 is 0 Å². The number of aliphatic hydroxyl groups excluding tert-OH is 1. The van der Waals surface area contributed by atoms with Gasteiger partial charge in [0.2, 0.25) is 5.13 Å². The third-order valence-electron chi connectivity index (χ3n) is 8.44. The Kier molecular flexibility index (Phi) is 18.5. The lowest BCUT2D eigenvalue weighted by Gasteiger charge is -2.21. The van der Waals surface area contributed by atoms with Crippen LogP contribution in [-0.4, -0.2) is 78.6 Å². The number of hydrogen-bond donors (Lipinski definition) is 2. The topological polar surface area (TPSA) is 173 Å². The standard InChI is InChI=1S/C49H51N3O11S/c1-6-44(53)58-29-11-10-28-57-32-40(61-45(54)7-2)33-59-37-20-14-34(15-21-37)19-27-47(56)62-42-25-24-39(30-36(42)31-50-52-48-51-41-12-8-9-13-43(41)64-48)60-46(55)26-18-35-16-22-38(23-17-35)63-49(3,4)5/h6-9,12-27,30-31,40,44,53H,1-2,10-11,28-29,32-33H2,3-5H3,(H,51,52)/b26-18+,27-19+,50-31+. The number of hydrazone groups is 1. The second kappa shape index (κ2) is 24.7. The maximum atomic E-state index is 13.1. The summed E-state index contributed by atoms with van der Waals surface area (Å²) in [7, 11) is 0. The summed E-state index contributed by atoms with van der Waals surface area (Å²) in [5.41, 5.74) is 5.21. The summed E-state index contributed by atoms with van der Waals surface area (Å²) in [6, 6.07) is 26.5. The van der Waals surface area contributed by atoms with Crippen LogP contribution in [0.4, 0.5) is 5.13 Å². The predicted octanol–water partition coefficient (Wildman–Crippen LogP) is 8.95. The number of aromatic nitrogens is 1. The minimum absolute atomic E-state index is 0.0226. The van der Waals surface area contributed by atoms with E-state index in [0.717, 1.165) is 21.9 Å². The van der Waals surface area contributed by atoms with Gasteiger partial charge in [0.15, 0.2) is 12.4 Å². The first-order chi connectivity index (χ1) is 30.8. The van der Waals surface area contributed by atoms with Crippen molar-refractivity contribution in [2.24, 2.45) is 5.10 Å². The summed E-state index contributed by atoms with van der Waals surface area (Å²) in [4.78, 5) is 42.3. The van der Waals surface area contributed by atoms with Crippen LogP contribution in [0.15, 0.2) is 134 Å². The molecular formula is C49H51N3O11S. The van der Waals surface area contributed by atoms with Crippen molar-refractivity contribution in [2.75, 3.05) is 31.9 Å². The number of benzene rings is 4. The molecule has 334 valence electrons. The van der Waals surface area contributed by atoms with Crippen LogP contribution in [0.1, 0.15) is 50.3 Å². The Hall–Kier alpha value is -6.91. The van der Waals surface area contributed by atoms with Gasteiger partial charge in [-0.2, -0.15) is 5.10 Å². The second-order valence-electron chi connectivity index (χ2n) is 14.8. The summed E-state index contributed by atoms with van der Waals surface area (Å²) in [5.74, 6) is -0.320. The molecule has 0 bridgehead atoms. The third kappa shape index (κ3) is 17.1. The van der Waals surface area contributed by atoms with Crippen LogP contribution in [0, 0.1) is 0 Å². The lowest BCUT2D eigenvalue weighted by atomic mass is 10.1. The maximum absolute atomic E-state index is 13.1. The van der Waals surface area contributed by atoms with Crippen molar-refractivity contribution in [3.8, 4) is 23.0 Å². The lowest BCUT2D eigenvalue weighted by Crippen LogP contribution is -2.29. The van der Waals surface area contributed by atoms with Crippen molar-refractivity contribution in [1.29, 1.82) is 0 Å². The molecule has 0 saturated heterocycles. The fraction of sp³-hybridized carbons (Fsp3) is 0.245. The molecule has 15 heteroatoms. The van der Waals surface area contributed by atoms with E-state index < -0.39 is 30.3 Å². The van der Waals surface area contributed by atoms with Crippen LogP contribution >= 0.6 is 11.3 Å². The third-order valence-corrected chi connectivity index (χ3v) is 9.38. The molecule has 14 nitrogen and oxygen atoms in total. The lowest BCUT2D eigenvalue weighted by molar-refractivity contribution is -0.148. The highest BCUT2D eigenvalue weighted by Crippen LogP contribution is 2.27. The Labute approximate surface area is 376 Å². The van der Waals surface area contributed by atoms with Crippen LogP contribution in [0.25, 0.3) is 22.4 Å². The number of esters is 3. The van der Waals surface area contributed by atoms with Gasteiger partial charge < -0.3 is 38.3 Å². The Morgan fingerprint density at radius 3 is 2.14 bits per heavy atom. The number of carbonyl (C=O) groups excluding carboxylic acids is 3. The average Bonchev–Trinajstić information content (AvgIpc) is 3.70. The summed E-state index contributed by atoms with van der Waals surface area (Å²) in [5, 5.41) is 14.2. The van der Waals surface area contributed by atoms with Gasteiger partial charge in [-0.1, -0.05) is 60.9 Å². The minimum atomic E-state index is -1.00. The number of nitrogens with one attached hydrogen (secondary N) is 1. The van der Waals surface area contributed by atoms with Gasteiger partial charge in [0.25, 0.3) is 0 Å². The number of thiazole rings is 1. The molecule has 2 unspecified atom stereocenters. The van der Waals surface area contributed by atoms with E-state index in [1.54, 1.807) is 36.4 Å². The molecular weight excluding hydrogens is 839 g/mol. The zero-order chi connectivity index (χ0) is 45.7. The summed E-state index contributed by atoms with van der Waals surface area (Å²) >= 11 is 1.42. The number of nitrogens with zero attached hydrogens (tertiary/aromatic N) is 2. The Morgan fingerprint density at radius 1 is 0.812 bits per heavy atom. The number of aliphatic hydroxyl groups is 1. The number of rotatable bonds is 24. The van der Waals surface area contributed by atoms with Crippen LogP contribution in [0.3, 0.4) is 0 Å². The monoisotopic (exact) mass is 889 g/mol. The van der Waals surface area contributed by atoms with Gasteiger partial charge in [0.1, 0.15) is 35.2 Å². The zero-order valence-electron chi connectivity index (χ0n) is 35.8. The fourth-order valence-corrected chi connectivity index (χ4v) is 6.28. The van der Waals surface area contributed by atoms with Crippen LogP contribution in [0.5, 0.6) is 23.0 Å². The number of carbonyl (C=O) groups is 3. The molecule has 1 aromatic heterocycles. The van der Waals surface area contributed by atoms with Gasteiger partial charge in [0.05, 0.1) is 29.6 Å². The Balaban J connectivity index is 1.18. The molecule has 0 amide bonds. The number of ether oxygens (including phenoxy) is 7. The molecule has 1 heterocycles. The first kappa shape index (κ1) is 48.1. The van der Waals surface area contributed by atoms with Crippen molar-refractivity contribution < 1.29 is 52.6 Å². The van der Waals surface area contributed by atoms with E-state index in [1.165, 1.54) is 54.0 Å². The van der Waals surface area contributed by atoms with Gasteiger partial charge in [-0.15, -0.1) is 0 Å². The maximum Gasteiger partial charge on any atom is 0.336 e. The molecule has 0 fully saturated rings. The number of para-hydroxylation sites is 1. The molecule has 0 radical (unpaired) electrons. The molecule has 4 aromatic carbocycles. The number of fused-ring (bicyclic) bond motifs is 1. The molecule has 2 atom stereocenters. The highest BCUT2D eigenvalue weighted by molar-refractivity contribution is 7.22. The van der Waals surface area contributed by atoms with Crippen molar-refractivity contribution >= 4 is 63.0 Å². The second-order valence-corrected chi connectivity index (χ2v) is 15.8. The normalized spacial score (nSPS) is 12.6. The first-order valence-corrected chi connectivity index (χ1v) is 21.1. The number of anilines is 1. The van der Waals surface area contributed by atoms with E-state index in [-0.39, 0.29) is 30.3 Å². The Morgan fingerprint density at radius 2 is 1.47 bits per heavy atom. The summed E-state index contributed by atoms with van der Waals surface area (Å²) in [6.07, 6.45) is 9.23. The minimum Gasteiger partial charge on any atom is -0.490 e. The quantitative estimate of drug-likeness (QED) is 0.00880. The van der Waals surface area contributed by atoms with Gasteiger partial charge in [-0.3, -0.25) is 5.43 Å². The molecule has 64 heavy (non-hydrogen) atoms. The first-order valence-electron chi connectivity index (χ1n) is 20.3. The van der Waals surface area contributed by atoms with Gasteiger partial charge in [-0.05, 0) is 118 Å². The van der Waals surface area contributed by atoms with Crippen LogP contribution < -0.4 is 24.4 Å². The zero-order valence-corrected chi connectivity index (χ0v) is 36.7. The highest BCUT2D eigenvalue weighted by Gasteiger charge is 2.16. The van der Waals surface area contributed by atoms with E-state index in [2.05, 4.69) is 28.7 Å². The fourth-order valence-electron chi connectivity index (χ4n) is 5.47. The van der Waals surface area contributed by atoms with Crippen molar-refractivity contribution in [3.05, 3.63) is 145 Å². The average molecular weight is 890 g/mol. The molecule has 5 rings (SSSR count). The molecule has 2 N–H and O–H groups in total. The van der Waals surface area contributed by atoms with Gasteiger partial charge in [-0.25, -0.2) is 19.4 Å². The molecule has 0 aliphatic heterocycles. The van der Waals surface area contributed by atoms with E-state index in [1.807, 2.05) is 69.3 Å². The SMILES string of the molecule is C=CC(=O)OC(COCCCCOC(O)C=C)COc1ccc(/C=C/C(=O)Oc2ccc(OC(=O)/C=C/c3ccc(OC(C)(C)C)cc3)cc2/C=N/Nc2nc3ccccc3s2)cc1. The molecule has 0 aliphatic rings. The summed E-state index contributed by atoms with van der Waals surface area (Å²) < 4.78 is 40.2. The molecule has 0 aliphatic carbocycles. The van der Waals surface area contributed by atoms with E-state index in [9.17, 15) is 19.5 Å². The number of hydrogen-bond acceptors (Lipinski definition) is 15. The van der Waals surface area contributed by atoms with Crippen molar-refractivity contribution in [3.63, 3.8) is 0 Å². The van der Waals surface area contributed by atoms with Crippen LogP contribution in [0.2, 0.25) is 0 Å². The Bertz CT molecular complexity index is 2390.